The average molecular weight is 257 g/mol. The summed E-state index contributed by atoms with van der Waals surface area (Å²) in [4.78, 5) is 18.1. The number of aromatic nitrogens is 1. The molecule has 4 nitrogen and oxygen atoms in total. The van der Waals surface area contributed by atoms with Gasteiger partial charge in [0.15, 0.2) is 0 Å². The maximum absolute atomic E-state index is 12.2. The first kappa shape index (κ1) is 13.5. The third-order valence-corrected chi connectivity index (χ3v) is 3.67. The Labute approximate surface area is 114 Å². The van der Waals surface area contributed by atoms with Crippen LogP contribution in [0.1, 0.15) is 31.7 Å². The summed E-state index contributed by atoms with van der Waals surface area (Å²) < 4.78 is 0. The first-order chi connectivity index (χ1) is 9.13. The number of aryl methyl sites for hydroxylation is 1. The molecule has 0 N–H and O–H groups in total. The van der Waals surface area contributed by atoms with Crippen molar-refractivity contribution in [2.75, 3.05) is 13.1 Å². The molecule has 0 aliphatic carbocycles. The maximum Gasteiger partial charge on any atom is 0.222 e. The highest BCUT2D eigenvalue weighted by molar-refractivity contribution is 5.76. The van der Waals surface area contributed by atoms with Crippen molar-refractivity contribution in [2.45, 2.75) is 32.6 Å². The Bertz CT molecular complexity index is 480. The summed E-state index contributed by atoms with van der Waals surface area (Å²) in [5.41, 5.74) is 0.707. The second-order valence-corrected chi connectivity index (χ2v) is 5.45. The number of nitrogens with zero attached hydrogens (tertiary/aromatic N) is 3. The molecule has 2 rings (SSSR count). The molecular weight excluding hydrogens is 238 g/mol. The molecule has 0 radical (unpaired) electrons. The minimum atomic E-state index is -0.373. The molecule has 100 valence electrons. The molecule has 0 bridgehead atoms. The lowest BCUT2D eigenvalue weighted by molar-refractivity contribution is -0.133. The van der Waals surface area contributed by atoms with Crippen LogP contribution in [0.2, 0.25) is 0 Å². The monoisotopic (exact) mass is 257 g/mol. The van der Waals surface area contributed by atoms with Crippen molar-refractivity contribution >= 4 is 5.91 Å². The molecule has 4 heteroatoms. The first-order valence-electron chi connectivity index (χ1n) is 6.71. The molecule has 0 unspecified atom stereocenters. The van der Waals surface area contributed by atoms with Crippen LogP contribution in [0.4, 0.5) is 0 Å². The highest BCUT2D eigenvalue weighted by atomic mass is 16.2. The van der Waals surface area contributed by atoms with Gasteiger partial charge >= 0.3 is 0 Å². The number of rotatable bonds is 3. The molecule has 1 aliphatic heterocycles. The van der Waals surface area contributed by atoms with E-state index in [1.54, 1.807) is 12.4 Å². The summed E-state index contributed by atoms with van der Waals surface area (Å²) in [5, 5.41) is 9.16. The van der Waals surface area contributed by atoms with Crippen LogP contribution in [0.15, 0.2) is 24.5 Å². The number of carbonyl (C=O) groups excluding carboxylic acids is 1. The first-order valence-corrected chi connectivity index (χ1v) is 6.71. The maximum atomic E-state index is 12.2. The zero-order valence-electron chi connectivity index (χ0n) is 11.3. The Morgan fingerprint density at radius 2 is 2.47 bits per heavy atom. The standard InChI is InChI=1S/C15H19N3O/c1-15(11-16)7-3-9-18(12-15)14(19)6-5-13-4-2-8-17-10-13/h2,4,8,10H,3,5-7,9,12H2,1H3/t15-/m0/s1. The van der Waals surface area contributed by atoms with Gasteiger partial charge in [0.1, 0.15) is 0 Å². The smallest absolute Gasteiger partial charge is 0.222 e. The lowest BCUT2D eigenvalue weighted by atomic mass is 9.83. The fourth-order valence-electron chi connectivity index (χ4n) is 2.50. The van der Waals surface area contributed by atoms with Gasteiger partial charge in [-0.05, 0) is 37.8 Å². The summed E-state index contributed by atoms with van der Waals surface area (Å²) in [7, 11) is 0. The number of likely N-dealkylation sites (tertiary alicyclic amines) is 1. The molecule has 19 heavy (non-hydrogen) atoms. The predicted molar refractivity (Wildman–Crippen MR) is 72.1 cm³/mol. The molecule has 0 spiro atoms. The van der Waals surface area contributed by atoms with E-state index < -0.39 is 0 Å². The highest BCUT2D eigenvalue weighted by Gasteiger charge is 2.32. The quantitative estimate of drug-likeness (QED) is 0.833. The van der Waals surface area contributed by atoms with Gasteiger partial charge in [-0.1, -0.05) is 6.07 Å². The molecule has 1 amide bonds. The van der Waals surface area contributed by atoms with Gasteiger partial charge in [0, 0.05) is 31.9 Å². The molecule has 1 aromatic rings. The fraction of sp³-hybridized carbons (Fsp3) is 0.533. The Hall–Kier alpha value is -1.89. The number of piperidine rings is 1. The number of amides is 1. The van der Waals surface area contributed by atoms with E-state index in [1.807, 2.05) is 24.0 Å². The number of hydrogen-bond donors (Lipinski definition) is 0. The van der Waals surface area contributed by atoms with Crippen molar-refractivity contribution in [2.24, 2.45) is 5.41 Å². The van der Waals surface area contributed by atoms with Gasteiger partial charge in [-0.25, -0.2) is 0 Å². The van der Waals surface area contributed by atoms with Crippen molar-refractivity contribution in [3.8, 4) is 6.07 Å². The summed E-state index contributed by atoms with van der Waals surface area (Å²) in [6, 6.07) is 6.20. The summed E-state index contributed by atoms with van der Waals surface area (Å²) >= 11 is 0. The van der Waals surface area contributed by atoms with Crippen molar-refractivity contribution in [3.05, 3.63) is 30.1 Å². The minimum absolute atomic E-state index is 0.144. The van der Waals surface area contributed by atoms with Gasteiger partial charge in [-0.15, -0.1) is 0 Å². The fourth-order valence-corrected chi connectivity index (χ4v) is 2.50. The Morgan fingerprint density at radius 1 is 1.63 bits per heavy atom. The normalized spacial score (nSPS) is 22.8. The van der Waals surface area contributed by atoms with Crippen LogP contribution in [0.5, 0.6) is 0 Å². The molecule has 1 atom stereocenters. The molecule has 1 saturated heterocycles. The number of carbonyl (C=O) groups is 1. The second-order valence-electron chi connectivity index (χ2n) is 5.45. The lowest BCUT2D eigenvalue weighted by Gasteiger charge is -2.36. The van der Waals surface area contributed by atoms with E-state index >= 15 is 0 Å². The molecular formula is C15H19N3O. The van der Waals surface area contributed by atoms with Gasteiger partial charge in [-0.2, -0.15) is 5.26 Å². The Morgan fingerprint density at radius 3 is 3.16 bits per heavy atom. The van der Waals surface area contributed by atoms with E-state index in [2.05, 4.69) is 11.1 Å². The van der Waals surface area contributed by atoms with Gasteiger partial charge < -0.3 is 4.90 Å². The zero-order chi connectivity index (χ0) is 13.7. The van der Waals surface area contributed by atoms with Crippen molar-refractivity contribution in [1.29, 1.82) is 5.26 Å². The largest absolute Gasteiger partial charge is 0.341 e. The summed E-state index contributed by atoms with van der Waals surface area (Å²) in [5.74, 6) is 0.144. The molecule has 0 aromatic carbocycles. The van der Waals surface area contributed by atoms with Crippen LogP contribution in [-0.4, -0.2) is 28.9 Å². The molecule has 0 saturated carbocycles. The Balaban J connectivity index is 1.88. The molecule has 1 fully saturated rings. The Kier molecular flexibility index (Phi) is 4.16. The summed E-state index contributed by atoms with van der Waals surface area (Å²) in [6.07, 6.45) is 6.54. The van der Waals surface area contributed by atoms with E-state index in [9.17, 15) is 4.79 Å². The van der Waals surface area contributed by atoms with Crippen LogP contribution in [-0.2, 0) is 11.2 Å². The van der Waals surface area contributed by atoms with Gasteiger partial charge in [0.05, 0.1) is 11.5 Å². The predicted octanol–water partition coefficient (Wildman–Crippen LogP) is 2.17. The molecule has 1 aliphatic rings. The highest BCUT2D eigenvalue weighted by Crippen LogP contribution is 2.28. The van der Waals surface area contributed by atoms with Crippen LogP contribution in [0.25, 0.3) is 0 Å². The average Bonchev–Trinajstić information content (AvgIpc) is 2.46. The number of pyridine rings is 1. The van der Waals surface area contributed by atoms with E-state index in [1.165, 1.54) is 0 Å². The van der Waals surface area contributed by atoms with Gasteiger partial charge in [0.25, 0.3) is 0 Å². The van der Waals surface area contributed by atoms with Crippen molar-refractivity contribution in [1.82, 2.24) is 9.88 Å². The summed E-state index contributed by atoms with van der Waals surface area (Å²) in [6.45, 7) is 3.28. The van der Waals surface area contributed by atoms with Crippen LogP contribution >= 0.6 is 0 Å². The van der Waals surface area contributed by atoms with Crippen LogP contribution in [0, 0.1) is 16.7 Å². The lowest BCUT2D eigenvalue weighted by Crippen LogP contribution is -2.44. The van der Waals surface area contributed by atoms with Crippen molar-refractivity contribution in [3.63, 3.8) is 0 Å². The SMILES string of the molecule is C[C@@]1(C#N)CCCN(C(=O)CCc2cccnc2)C1. The molecule has 2 heterocycles. The number of nitriles is 1. The van der Waals surface area contributed by atoms with E-state index in [4.69, 9.17) is 5.26 Å². The van der Waals surface area contributed by atoms with E-state index in [-0.39, 0.29) is 11.3 Å². The number of hydrogen-bond acceptors (Lipinski definition) is 3. The molecule has 1 aromatic heterocycles. The minimum Gasteiger partial charge on any atom is -0.341 e. The van der Waals surface area contributed by atoms with E-state index in [0.29, 0.717) is 19.4 Å². The van der Waals surface area contributed by atoms with E-state index in [0.717, 1.165) is 24.9 Å². The topological polar surface area (TPSA) is 57.0 Å². The van der Waals surface area contributed by atoms with Gasteiger partial charge in [0.2, 0.25) is 5.91 Å². The van der Waals surface area contributed by atoms with Crippen LogP contribution in [0.3, 0.4) is 0 Å². The third-order valence-electron chi connectivity index (χ3n) is 3.67. The second kappa shape index (κ2) is 5.83. The zero-order valence-corrected chi connectivity index (χ0v) is 11.3. The van der Waals surface area contributed by atoms with Gasteiger partial charge in [-0.3, -0.25) is 9.78 Å². The third kappa shape index (κ3) is 3.54. The van der Waals surface area contributed by atoms with Crippen molar-refractivity contribution < 1.29 is 4.79 Å². The van der Waals surface area contributed by atoms with Crippen LogP contribution < -0.4 is 0 Å².